The summed E-state index contributed by atoms with van der Waals surface area (Å²) in [5, 5.41) is 0.879. The van der Waals surface area contributed by atoms with Gasteiger partial charge in [-0.2, -0.15) is 8.42 Å². The van der Waals surface area contributed by atoms with E-state index in [1.807, 2.05) is 0 Å². The number of amides is 1. The van der Waals surface area contributed by atoms with E-state index in [9.17, 15) is 13.2 Å². The molecule has 0 bridgehead atoms. The number of carbonyl (C=O) groups excluding carboxylic acids is 1. The Bertz CT molecular complexity index is 283. The van der Waals surface area contributed by atoms with Crippen molar-refractivity contribution in [1.82, 2.24) is 5.32 Å². The van der Waals surface area contributed by atoms with Gasteiger partial charge in [0.2, 0.25) is 5.91 Å². The van der Waals surface area contributed by atoms with Gasteiger partial charge in [-0.25, -0.2) is 0 Å². The van der Waals surface area contributed by atoms with Crippen LogP contribution in [-0.4, -0.2) is 24.3 Å². The van der Waals surface area contributed by atoms with Crippen LogP contribution in [0, 0.1) is 0 Å². The minimum Gasteiger partial charge on any atom is -0.334 e. The van der Waals surface area contributed by atoms with Gasteiger partial charge < -0.3 is 5.32 Å². The van der Waals surface area contributed by atoms with Gasteiger partial charge >= 0.3 is 0 Å². The van der Waals surface area contributed by atoms with Gasteiger partial charge in [0, 0.05) is 0 Å². The predicted molar refractivity (Wildman–Crippen MR) is 48.6 cm³/mol. The van der Waals surface area contributed by atoms with Gasteiger partial charge in [0.1, 0.15) is 0 Å². The maximum absolute atomic E-state index is 10.7. The van der Waals surface area contributed by atoms with Crippen LogP contribution in [0.15, 0.2) is 12.7 Å². The monoisotopic (exact) mass is 207 g/mol. The zero-order chi connectivity index (χ0) is 10.5. The third-order valence-corrected chi connectivity index (χ3v) is 2.47. The molecule has 0 heterocycles. The lowest BCUT2D eigenvalue weighted by Crippen LogP contribution is -2.39. The summed E-state index contributed by atoms with van der Waals surface area (Å²) in [6.45, 7) is 4.92. The Morgan fingerprint density at radius 2 is 2.23 bits per heavy atom. The summed E-state index contributed by atoms with van der Waals surface area (Å²) in [6.07, 6.45) is 1.67. The molecule has 5 nitrogen and oxygen atoms in total. The second-order valence-electron chi connectivity index (χ2n) is 2.51. The zero-order valence-corrected chi connectivity index (χ0v) is 8.17. The van der Waals surface area contributed by atoms with Crippen LogP contribution in [0.1, 0.15) is 19.8 Å². The van der Waals surface area contributed by atoms with Gasteiger partial charge in [-0.1, -0.05) is 19.9 Å². The van der Waals surface area contributed by atoms with Crippen molar-refractivity contribution in [3.8, 4) is 0 Å². The van der Waals surface area contributed by atoms with Gasteiger partial charge in [0.05, 0.1) is 0 Å². The molecule has 0 rings (SSSR count). The smallest absolute Gasteiger partial charge is 0.286 e. The first-order valence-corrected chi connectivity index (χ1v) is 5.31. The maximum atomic E-state index is 10.7. The SMILES string of the molecule is C=CC(=O)NC(CCC)S(=O)(=O)O. The van der Waals surface area contributed by atoms with Gasteiger partial charge in [0.25, 0.3) is 10.1 Å². The molecule has 0 saturated heterocycles. The second-order valence-corrected chi connectivity index (χ2v) is 4.10. The number of hydrogen-bond donors (Lipinski definition) is 2. The average Bonchev–Trinajstić information content (AvgIpc) is 2.01. The van der Waals surface area contributed by atoms with E-state index in [2.05, 4.69) is 11.9 Å². The number of rotatable bonds is 5. The van der Waals surface area contributed by atoms with Crippen molar-refractivity contribution in [3.05, 3.63) is 12.7 Å². The summed E-state index contributed by atoms with van der Waals surface area (Å²) in [4.78, 5) is 10.7. The normalized spacial score (nSPS) is 13.4. The minimum absolute atomic E-state index is 0.179. The van der Waals surface area contributed by atoms with Crippen LogP contribution in [0.25, 0.3) is 0 Å². The van der Waals surface area contributed by atoms with E-state index in [0.29, 0.717) is 6.42 Å². The van der Waals surface area contributed by atoms with Crippen LogP contribution in [0.5, 0.6) is 0 Å². The Balaban J connectivity index is 4.44. The number of hydrogen-bond acceptors (Lipinski definition) is 3. The summed E-state index contributed by atoms with van der Waals surface area (Å²) >= 11 is 0. The van der Waals surface area contributed by atoms with E-state index in [-0.39, 0.29) is 6.42 Å². The molecule has 0 fully saturated rings. The Labute approximate surface area is 77.6 Å². The highest BCUT2D eigenvalue weighted by Crippen LogP contribution is 2.03. The fourth-order valence-corrected chi connectivity index (χ4v) is 1.57. The molecule has 0 aliphatic carbocycles. The lowest BCUT2D eigenvalue weighted by molar-refractivity contribution is -0.116. The largest absolute Gasteiger partial charge is 0.334 e. The summed E-state index contributed by atoms with van der Waals surface area (Å²) in [7, 11) is -4.21. The van der Waals surface area contributed by atoms with Gasteiger partial charge in [0.15, 0.2) is 5.37 Å². The Morgan fingerprint density at radius 3 is 2.54 bits per heavy atom. The van der Waals surface area contributed by atoms with Crippen LogP contribution >= 0.6 is 0 Å². The number of nitrogens with one attached hydrogen (secondary N) is 1. The van der Waals surface area contributed by atoms with Crippen molar-refractivity contribution in [2.24, 2.45) is 0 Å². The second kappa shape index (κ2) is 4.98. The summed E-state index contributed by atoms with van der Waals surface area (Å²) in [5.41, 5.74) is 0. The van der Waals surface area contributed by atoms with Crippen LogP contribution in [0.4, 0.5) is 0 Å². The molecule has 0 aromatic heterocycles. The first-order chi connectivity index (χ1) is 5.91. The molecule has 13 heavy (non-hydrogen) atoms. The highest BCUT2D eigenvalue weighted by Gasteiger charge is 2.22. The molecule has 6 heteroatoms. The number of carbonyl (C=O) groups is 1. The maximum Gasteiger partial charge on any atom is 0.286 e. The molecule has 0 aliphatic rings. The fraction of sp³-hybridized carbons (Fsp3) is 0.571. The van der Waals surface area contributed by atoms with E-state index in [1.165, 1.54) is 0 Å². The van der Waals surface area contributed by atoms with E-state index < -0.39 is 21.4 Å². The standard InChI is InChI=1S/C7H13NO4S/c1-3-5-7(13(10,11)12)8-6(9)4-2/h4,7H,2-3,5H2,1H3,(H,8,9)(H,10,11,12). The van der Waals surface area contributed by atoms with E-state index in [4.69, 9.17) is 4.55 Å². The topological polar surface area (TPSA) is 83.5 Å². The molecule has 2 N–H and O–H groups in total. The molecule has 0 spiro atoms. The quantitative estimate of drug-likeness (QED) is 0.501. The minimum atomic E-state index is -4.21. The lowest BCUT2D eigenvalue weighted by atomic mass is 10.3. The highest BCUT2D eigenvalue weighted by atomic mass is 32.2. The van der Waals surface area contributed by atoms with Gasteiger partial charge in [-0.05, 0) is 12.5 Å². The predicted octanol–water partition coefficient (Wildman–Crippen LogP) is 0.303. The molecule has 0 aromatic rings. The van der Waals surface area contributed by atoms with Crippen molar-refractivity contribution in [2.45, 2.75) is 25.1 Å². The van der Waals surface area contributed by atoms with E-state index >= 15 is 0 Å². The van der Waals surface area contributed by atoms with Gasteiger partial charge in [-0.15, -0.1) is 0 Å². The molecule has 1 atom stereocenters. The van der Waals surface area contributed by atoms with Crippen LogP contribution in [0.2, 0.25) is 0 Å². The zero-order valence-electron chi connectivity index (χ0n) is 7.36. The molecule has 0 radical (unpaired) electrons. The summed E-state index contributed by atoms with van der Waals surface area (Å²) < 4.78 is 30.0. The van der Waals surface area contributed by atoms with Crippen LogP contribution in [-0.2, 0) is 14.9 Å². The van der Waals surface area contributed by atoms with Crippen LogP contribution < -0.4 is 5.32 Å². The molecule has 76 valence electrons. The van der Waals surface area contributed by atoms with E-state index in [1.54, 1.807) is 6.92 Å². The van der Waals surface area contributed by atoms with Crippen molar-refractivity contribution in [3.63, 3.8) is 0 Å². The first-order valence-electron chi connectivity index (χ1n) is 3.81. The molecule has 0 aliphatic heterocycles. The average molecular weight is 207 g/mol. The third kappa shape index (κ3) is 4.64. The summed E-state index contributed by atoms with van der Waals surface area (Å²) in [5.74, 6) is -0.615. The first kappa shape index (κ1) is 12.1. The van der Waals surface area contributed by atoms with Crippen molar-refractivity contribution >= 4 is 16.0 Å². The van der Waals surface area contributed by atoms with E-state index in [0.717, 1.165) is 6.08 Å². The highest BCUT2D eigenvalue weighted by molar-refractivity contribution is 7.86. The molecular weight excluding hydrogens is 194 g/mol. The lowest BCUT2D eigenvalue weighted by Gasteiger charge is -2.12. The Kier molecular flexibility index (Phi) is 4.64. The molecule has 0 aromatic carbocycles. The van der Waals surface area contributed by atoms with Crippen molar-refractivity contribution < 1.29 is 17.8 Å². The van der Waals surface area contributed by atoms with Gasteiger partial charge in [-0.3, -0.25) is 9.35 Å². The summed E-state index contributed by atoms with van der Waals surface area (Å²) in [6, 6.07) is 0. The van der Waals surface area contributed by atoms with Crippen molar-refractivity contribution in [1.29, 1.82) is 0 Å². The molecule has 1 unspecified atom stereocenters. The van der Waals surface area contributed by atoms with Crippen molar-refractivity contribution in [2.75, 3.05) is 0 Å². The Morgan fingerprint density at radius 1 is 1.69 bits per heavy atom. The van der Waals surface area contributed by atoms with Crippen LogP contribution in [0.3, 0.4) is 0 Å². The molecule has 1 amide bonds. The molecular formula is C7H13NO4S. The Hall–Kier alpha value is -0.880. The fourth-order valence-electron chi connectivity index (χ4n) is 0.775. The molecule has 0 saturated carbocycles. The third-order valence-electron chi connectivity index (χ3n) is 1.40.